The van der Waals surface area contributed by atoms with E-state index in [-0.39, 0.29) is 0 Å². The Hall–Kier alpha value is -1.34. The molecule has 0 atom stereocenters. The van der Waals surface area contributed by atoms with Crippen LogP contribution in [-0.2, 0) is 0 Å². The first-order valence-corrected chi connectivity index (χ1v) is 6.47. The fraction of sp³-hybridized carbons (Fsp3) is 0.133. The van der Waals surface area contributed by atoms with Gasteiger partial charge in [0.25, 0.3) is 0 Å². The number of rotatable bonds is 1. The van der Waals surface area contributed by atoms with E-state index >= 15 is 0 Å². The minimum atomic E-state index is 0.779. The number of aryl methyl sites for hydroxylation is 2. The van der Waals surface area contributed by atoms with Crippen LogP contribution in [0.2, 0.25) is 0 Å². The normalized spacial score (nSPS) is 10.0. The van der Waals surface area contributed by atoms with E-state index in [9.17, 15) is 0 Å². The number of nitriles is 1. The van der Waals surface area contributed by atoms with Crippen LogP contribution in [0.1, 0.15) is 16.7 Å². The quantitative estimate of drug-likeness (QED) is 0.708. The van der Waals surface area contributed by atoms with Gasteiger partial charge in [-0.1, -0.05) is 35.9 Å². The molecule has 0 bridgehead atoms. The Balaban J connectivity index is 2.55. The molecular weight excluding hydrogens is 321 g/mol. The Morgan fingerprint density at radius 2 is 1.65 bits per heavy atom. The van der Waals surface area contributed by atoms with Gasteiger partial charge < -0.3 is 0 Å². The summed E-state index contributed by atoms with van der Waals surface area (Å²) in [6, 6.07) is 14.8. The molecule has 0 spiro atoms. The molecule has 0 aromatic heterocycles. The summed E-state index contributed by atoms with van der Waals surface area (Å²) in [6.45, 7) is 4.07. The van der Waals surface area contributed by atoms with Gasteiger partial charge in [-0.05, 0) is 59.2 Å². The number of halogens is 1. The van der Waals surface area contributed by atoms with E-state index < -0.39 is 0 Å². The lowest BCUT2D eigenvalue weighted by atomic mass is 10.00. The molecule has 0 amide bonds. The van der Waals surface area contributed by atoms with Gasteiger partial charge in [-0.2, -0.15) is 5.26 Å². The van der Waals surface area contributed by atoms with Crippen molar-refractivity contribution < 1.29 is 0 Å². The molecule has 0 aliphatic heterocycles. The van der Waals surface area contributed by atoms with Gasteiger partial charge in [0.1, 0.15) is 6.07 Å². The molecule has 0 heterocycles. The van der Waals surface area contributed by atoms with Crippen LogP contribution in [0.5, 0.6) is 0 Å². The SMILES string of the molecule is Cc1ccc(-c2cc(C)c(C#N)c(I)c2)cc1. The minimum Gasteiger partial charge on any atom is -0.192 e. The standard InChI is InChI=1S/C15H12IN/c1-10-3-5-12(6-4-10)13-7-11(2)14(9-17)15(16)8-13/h3-8H,1-2H3. The second-order valence-electron chi connectivity index (χ2n) is 4.13. The zero-order valence-corrected chi connectivity index (χ0v) is 11.9. The molecule has 1 nitrogen and oxygen atoms in total. The van der Waals surface area contributed by atoms with Crippen molar-refractivity contribution in [1.29, 1.82) is 5.26 Å². The molecule has 0 N–H and O–H groups in total. The molecule has 84 valence electrons. The van der Waals surface area contributed by atoms with Gasteiger partial charge in [0.2, 0.25) is 0 Å². The summed E-state index contributed by atoms with van der Waals surface area (Å²) >= 11 is 2.22. The summed E-state index contributed by atoms with van der Waals surface area (Å²) in [4.78, 5) is 0. The third kappa shape index (κ3) is 2.50. The van der Waals surface area contributed by atoms with Gasteiger partial charge >= 0.3 is 0 Å². The topological polar surface area (TPSA) is 23.8 Å². The maximum Gasteiger partial charge on any atom is 0.101 e. The highest BCUT2D eigenvalue weighted by molar-refractivity contribution is 14.1. The van der Waals surface area contributed by atoms with Crippen LogP contribution in [0.25, 0.3) is 11.1 Å². The Kier molecular flexibility index (Phi) is 3.49. The molecule has 0 aliphatic carbocycles. The van der Waals surface area contributed by atoms with Crippen molar-refractivity contribution in [2.45, 2.75) is 13.8 Å². The lowest BCUT2D eigenvalue weighted by molar-refractivity contribution is 1.37. The van der Waals surface area contributed by atoms with Gasteiger partial charge in [0.05, 0.1) is 5.56 Å². The van der Waals surface area contributed by atoms with Gasteiger partial charge in [0, 0.05) is 3.57 Å². The second-order valence-corrected chi connectivity index (χ2v) is 5.29. The molecule has 2 heteroatoms. The molecule has 2 rings (SSSR count). The molecule has 0 unspecified atom stereocenters. The molecule has 0 saturated carbocycles. The second kappa shape index (κ2) is 4.89. The summed E-state index contributed by atoms with van der Waals surface area (Å²) in [5, 5.41) is 9.04. The van der Waals surface area contributed by atoms with E-state index in [0.29, 0.717) is 0 Å². The van der Waals surface area contributed by atoms with Crippen molar-refractivity contribution in [1.82, 2.24) is 0 Å². The molecule has 0 fully saturated rings. The minimum absolute atomic E-state index is 0.779. The van der Waals surface area contributed by atoms with Gasteiger partial charge in [-0.15, -0.1) is 0 Å². The van der Waals surface area contributed by atoms with E-state index in [1.54, 1.807) is 0 Å². The smallest absolute Gasteiger partial charge is 0.101 e. The predicted molar refractivity (Wildman–Crippen MR) is 78.8 cm³/mol. The summed E-state index contributed by atoms with van der Waals surface area (Å²) in [5.74, 6) is 0. The molecule has 0 aliphatic rings. The third-order valence-electron chi connectivity index (χ3n) is 2.78. The molecular formula is C15H12IN. The lowest BCUT2D eigenvalue weighted by Crippen LogP contribution is -1.89. The van der Waals surface area contributed by atoms with E-state index in [2.05, 4.69) is 72.0 Å². The van der Waals surface area contributed by atoms with Crippen molar-refractivity contribution in [3.63, 3.8) is 0 Å². The van der Waals surface area contributed by atoms with Gasteiger partial charge in [-0.3, -0.25) is 0 Å². The fourth-order valence-electron chi connectivity index (χ4n) is 1.80. The molecule has 0 radical (unpaired) electrons. The van der Waals surface area contributed by atoms with Crippen LogP contribution in [0.15, 0.2) is 36.4 Å². The first-order chi connectivity index (χ1) is 8.11. The van der Waals surface area contributed by atoms with Crippen molar-refractivity contribution in [2.75, 3.05) is 0 Å². The van der Waals surface area contributed by atoms with Crippen molar-refractivity contribution in [3.8, 4) is 17.2 Å². The zero-order chi connectivity index (χ0) is 12.4. The van der Waals surface area contributed by atoms with Crippen LogP contribution in [0.4, 0.5) is 0 Å². The third-order valence-corrected chi connectivity index (χ3v) is 3.63. The summed E-state index contributed by atoms with van der Waals surface area (Å²) in [5.41, 5.74) is 5.44. The predicted octanol–water partition coefficient (Wildman–Crippen LogP) is 4.45. The Labute approximate surface area is 115 Å². The van der Waals surface area contributed by atoms with Crippen molar-refractivity contribution >= 4 is 22.6 Å². The van der Waals surface area contributed by atoms with Crippen molar-refractivity contribution in [2.24, 2.45) is 0 Å². The maximum atomic E-state index is 9.04. The van der Waals surface area contributed by atoms with Crippen LogP contribution in [0.3, 0.4) is 0 Å². The van der Waals surface area contributed by atoms with Gasteiger partial charge in [0.15, 0.2) is 0 Å². The van der Waals surface area contributed by atoms with Crippen LogP contribution in [-0.4, -0.2) is 0 Å². The van der Waals surface area contributed by atoms with Crippen molar-refractivity contribution in [3.05, 3.63) is 56.7 Å². The van der Waals surface area contributed by atoms with Gasteiger partial charge in [-0.25, -0.2) is 0 Å². The Morgan fingerprint density at radius 1 is 1.00 bits per heavy atom. The molecule has 17 heavy (non-hydrogen) atoms. The number of benzene rings is 2. The van der Waals surface area contributed by atoms with E-state index in [0.717, 1.165) is 14.7 Å². The van der Waals surface area contributed by atoms with Crippen LogP contribution < -0.4 is 0 Å². The molecule has 0 saturated heterocycles. The van der Waals surface area contributed by atoms with E-state index in [4.69, 9.17) is 5.26 Å². The average Bonchev–Trinajstić information content (AvgIpc) is 2.29. The molecule has 2 aromatic rings. The molecule has 2 aromatic carbocycles. The highest BCUT2D eigenvalue weighted by atomic mass is 127. The highest BCUT2D eigenvalue weighted by Crippen LogP contribution is 2.26. The summed E-state index contributed by atoms with van der Waals surface area (Å²) in [7, 11) is 0. The Bertz CT molecular complexity index is 568. The number of hydrogen-bond donors (Lipinski definition) is 0. The van der Waals surface area contributed by atoms with E-state index in [1.807, 2.05) is 6.92 Å². The van der Waals surface area contributed by atoms with E-state index in [1.165, 1.54) is 16.7 Å². The average molecular weight is 333 g/mol. The lowest BCUT2D eigenvalue weighted by Gasteiger charge is -2.07. The first-order valence-electron chi connectivity index (χ1n) is 5.39. The Morgan fingerprint density at radius 3 is 2.18 bits per heavy atom. The maximum absolute atomic E-state index is 9.04. The zero-order valence-electron chi connectivity index (χ0n) is 9.79. The summed E-state index contributed by atoms with van der Waals surface area (Å²) in [6.07, 6.45) is 0. The monoisotopic (exact) mass is 333 g/mol. The van der Waals surface area contributed by atoms with Crippen LogP contribution >= 0.6 is 22.6 Å². The van der Waals surface area contributed by atoms with Crippen LogP contribution in [0, 0.1) is 28.7 Å². The fourth-order valence-corrected chi connectivity index (χ4v) is 2.68. The number of hydrogen-bond acceptors (Lipinski definition) is 1. The largest absolute Gasteiger partial charge is 0.192 e. The number of nitrogens with zero attached hydrogens (tertiary/aromatic N) is 1. The summed E-state index contributed by atoms with van der Waals surface area (Å²) < 4.78 is 1.01. The highest BCUT2D eigenvalue weighted by Gasteiger charge is 2.06. The first kappa shape index (κ1) is 12.1.